The van der Waals surface area contributed by atoms with Crippen molar-refractivity contribution in [3.63, 3.8) is 0 Å². The van der Waals surface area contributed by atoms with Crippen molar-refractivity contribution in [2.24, 2.45) is 0 Å². The van der Waals surface area contributed by atoms with Crippen LogP contribution in [-0.2, 0) is 10.0 Å². The topological polar surface area (TPSA) is 79.4 Å². The maximum atomic E-state index is 11.8. The molecule has 1 aromatic heterocycles. The monoisotopic (exact) mass is 289 g/mol. The van der Waals surface area contributed by atoms with E-state index in [0.29, 0.717) is 36.6 Å². The summed E-state index contributed by atoms with van der Waals surface area (Å²) in [6.07, 6.45) is 0.671. The number of aromatic nitrogens is 1. The summed E-state index contributed by atoms with van der Waals surface area (Å²) in [4.78, 5) is 16.3. The third-order valence-electron chi connectivity index (χ3n) is 2.80. The summed E-state index contributed by atoms with van der Waals surface area (Å²) >= 11 is 1.29. The van der Waals surface area contributed by atoms with Gasteiger partial charge in [0.2, 0.25) is 10.0 Å². The summed E-state index contributed by atoms with van der Waals surface area (Å²) in [6, 6.07) is 0. The first-order valence-electron chi connectivity index (χ1n) is 5.67. The summed E-state index contributed by atoms with van der Waals surface area (Å²) in [5.74, 6) is 0.0288. The molecule has 1 amide bonds. The van der Waals surface area contributed by atoms with E-state index >= 15 is 0 Å². The molecule has 100 valence electrons. The summed E-state index contributed by atoms with van der Waals surface area (Å²) in [6.45, 7) is 3.00. The lowest BCUT2D eigenvalue weighted by Gasteiger charge is -2.14. The minimum atomic E-state index is -3.07. The van der Waals surface area contributed by atoms with E-state index in [-0.39, 0.29) is 11.7 Å². The van der Waals surface area contributed by atoms with Crippen LogP contribution in [0.4, 0.5) is 0 Å². The van der Waals surface area contributed by atoms with Crippen LogP contribution in [0, 0.1) is 6.92 Å². The maximum Gasteiger partial charge on any atom is 0.263 e. The third-order valence-corrected chi connectivity index (χ3v) is 5.69. The fourth-order valence-corrected chi connectivity index (χ4v) is 4.08. The molecular weight excluding hydrogens is 274 g/mol. The molecule has 0 aliphatic carbocycles. The van der Waals surface area contributed by atoms with Gasteiger partial charge in [0.1, 0.15) is 4.88 Å². The number of carbonyl (C=O) groups is 1. The van der Waals surface area contributed by atoms with Gasteiger partial charge in [-0.2, -0.15) is 0 Å². The molecule has 1 N–H and O–H groups in total. The number of sulfonamides is 1. The van der Waals surface area contributed by atoms with E-state index in [1.54, 1.807) is 12.4 Å². The number of aryl methyl sites for hydroxylation is 1. The van der Waals surface area contributed by atoms with Gasteiger partial charge in [0.15, 0.2) is 0 Å². The summed E-state index contributed by atoms with van der Waals surface area (Å²) in [5, 5.41) is 2.72. The predicted molar refractivity (Wildman–Crippen MR) is 69.2 cm³/mol. The lowest BCUT2D eigenvalue weighted by Crippen LogP contribution is -2.35. The molecule has 0 saturated carbocycles. The number of carbonyl (C=O) groups excluding carboxylic acids is 1. The van der Waals surface area contributed by atoms with Gasteiger partial charge in [-0.15, -0.1) is 11.3 Å². The standard InChI is InChI=1S/C10H15N3O3S2/c1-8-9(17-7-12-8)10(14)11-3-5-13-4-2-6-18(13,15)16/h7H,2-6H2,1H3,(H,11,14). The van der Waals surface area contributed by atoms with Gasteiger partial charge in [-0.1, -0.05) is 0 Å². The normalized spacial score (nSPS) is 18.9. The van der Waals surface area contributed by atoms with Crippen LogP contribution < -0.4 is 5.32 Å². The van der Waals surface area contributed by atoms with Gasteiger partial charge in [-0.25, -0.2) is 17.7 Å². The van der Waals surface area contributed by atoms with Gasteiger partial charge in [0.25, 0.3) is 5.91 Å². The molecule has 1 aliphatic rings. The van der Waals surface area contributed by atoms with Crippen molar-refractivity contribution in [2.45, 2.75) is 13.3 Å². The minimum Gasteiger partial charge on any atom is -0.350 e. The number of rotatable bonds is 4. The first-order valence-corrected chi connectivity index (χ1v) is 8.16. The Kier molecular flexibility index (Phi) is 3.98. The molecule has 1 aliphatic heterocycles. The summed E-state index contributed by atoms with van der Waals surface area (Å²) in [7, 11) is -3.07. The first kappa shape index (κ1) is 13.4. The molecule has 0 radical (unpaired) electrons. The van der Waals surface area contributed by atoms with Crippen LogP contribution in [0.3, 0.4) is 0 Å². The molecule has 0 atom stereocenters. The lowest BCUT2D eigenvalue weighted by atomic mass is 10.4. The zero-order valence-corrected chi connectivity index (χ0v) is 11.7. The van der Waals surface area contributed by atoms with Gasteiger partial charge >= 0.3 is 0 Å². The van der Waals surface area contributed by atoms with Crippen molar-refractivity contribution in [2.75, 3.05) is 25.4 Å². The highest BCUT2D eigenvalue weighted by atomic mass is 32.2. The van der Waals surface area contributed by atoms with Crippen LogP contribution >= 0.6 is 11.3 Å². The lowest BCUT2D eigenvalue weighted by molar-refractivity contribution is 0.0955. The highest BCUT2D eigenvalue weighted by Crippen LogP contribution is 2.13. The molecule has 18 heavy (non-hydrogen) atoms. The highest BCUT2D eigenvalue weighted by Gasteiger charge is 2.27. The quantitative estimate of drug-likeness (QED) is 0.860. The molecule has 0 aromatic carbocycles. The highest BCUT2D eigenvalue weighted by molar-refractivity contribution is 7.89. The number of amides is 1. The van der Waals surface area contributed by atoms with E-state index in [1.165, 1.54) is 15.6 Å². The van der Waals surface area contributed by atoms with Crippen LogP contribution in [0.1, 0.15) is 21.8 Å². The molecule has 8 heteroatoms. The Labute approximate surface area is 110 Å². The van der Waals surface area contributed by atoms with Gasteiger partial charge in [0, 0.05) is 19.6 Å². The van der Waals surface area contributed by atoms with Crippen molar-refractivity contribution in [3.05, 3.63) is 16.1 Å². The zero-order valence-electron chi connectivity index (χ0n) is 10.0. The predicted octanol–water partition coefficient (Wildman–Crippen LogP) is 0.217. The second-order valence-electron chi connectivity index (χ2n) is 4.09. The minimum absolute atomic E-state index is 0.188. The number of nitrogens with zero attached hydrogens (tertiary/aromatic N) is 2. The maximum absolute atomic E-state index is 11.8. The van der Waals surface area contributed by atoms with Crippen LogP contribution in [0.2, 0.25) is 0 Å². The van der Waals surface area contributed by atoms with Gasteiger partial charge in [-0.3, -0.25) is 4.79 Å². The fourth-order valence-electron chi connectivity index (χ4n) is 1.84. The number of hydrogen-bond donors (Lipinski definition) is 1. The van der Waals surface area contributed by atoms with Crippen molar-refractivity contribution >= 4 is 27.3 Å². The van der Waals surface area contributed by atoms with Crippen LogP contribution in [-0.4, -0.2) is 49.0 Å². The average Bonchev–Trinajstić information content (AvgIpc) is 2.85. The van der Waals surface area contributed by atoms with E-state index in [9.17, 15) is 13.2 Å². The van der Waals surface area contributed by atoms with Gasteiger partial charge in [0.05, 0.1) is 17.0 Å². The summed E-state index contributed by atoms with van der Waals surface area (Å²) in [5.41, 5.74) is 2.32. The zero-order chi connectivity index (χ0) is 13.2. The van der Waals surface area contributed by atoms with Crippen LogP contribution in [0.15, 0.2) is 5.51 Å². The third kappa shape index (κ3) is 2.88. The molecule has 2 rings (SSSR count). The van der Waals surface area contributed by atoms with E-state index in [2.05, 4.69) is 10.3 Å². The van der Waals surface area contributed by atoms with E-state index in [4.69, 9.17) is 0 Å². The Bertz CT molecular complexity index is 538. The Balaban J connectivity index is 1.83. The Hall–Kier alpha value is -0.990. The SMILES string of the molecule is Cc1ncsc1C(=O)NCCN1CCCS1(=O)=O. The van der Waals surface area contributed by atoms with Gasteiger partial charge in [-0.05, 0) is 13.3 Å². The largest absolute Gasteiger partial charge is 0.350 e. The fraction of sp³-hybridized carbons (Fsp3) is 0.600. The first-order chi connectivity index (χ1) is 8.50. The number of hydrogen-bond acceptors (Lipinski definition) is 5. The smallest absolute Gasteiger partial charge is 0.263 e. The molecule has 1 aromatic rings. The number of nitrogens with one attached hydrogen (secondary N) is 1. The molecule has 0 bridgehead atoms. The molecular formula is C10H15N3O3S2. The molecule has 1 saturated heterocycles. The van der Waals surface area contributed by atoms with Crippen molar-refractivity contribution in [3.8, 4) is 0 Å². The van der Waals surface area contributed by atoms with Crippen molar-refractivity contribution in [1.29, 1.82) is 0 Å². The summed E-state index contributed by atoms with van der Waals surface area (Å²) < 4.78 is 24.5. The Morgan fingerprint density at radius 1 is 1.61 bits per heavy atom. The van der Waals surface area contributed by atoms with Crippen LogP contribution in [0.25, 0.3) is 0 Å². The van der Waals surface area contributed by atoms with E-state index < -0.39 is 10.0 Å². The Morgan fingerprint density at radius 2 is 2.39 bits per heavy atom. The second-order valence-corrected chi connectivity index (χ2v) is 7.03. The molecule has 2 heterocycles. The molecule has 6 nitrogen and oxygen atoms in total. The molecule has 0 unspecified atom stereocenters. The Morgan fingerprint density at radius 3 is 2.94 bits per heavy atom. The van der Waals surface area contributed by atoms with Crippen molar-refractivity contribution in [1.82, 2.24) is 14.6 Å². The average molecular weight is 289 g/mol. The van der Waals surface area contributed by atoms with E-state index in [1.807, 2.05) is 0 Å². The van der Waals surface area contributed by atoms with Crippen LogP contribution in [0.5, 0.6) is 0 Å². The van der Waals surface area contributed by atoms with Crippen molar-refractivity contribution < 1.29 is 13.2 Å². The van der Waals surface area contributed by atoms with E-state index in [0.717, 1.165) is 0 Å². The molecule has 1 fully saturated rings. The second kappa shape index (κ2) is 5.33. The number of thiazole rings is 1. The van der Waals surface area contributed by atoms with Gasteiger partial charge < -0.3 is 5.32 Å². The molecule has 0 spiro atoms.